The molecule has 1 aliphatic heterocycles. The highest BCUT2D eigenvalue weighted by atomic mass is 32.1. The fraction of sp³-hybridized carbons (Fsp3) is 0.167. The number of hydrogen-bond donors (Lipinski definition) is 0. The Morgan fingerprint density at radius 1 is 1.23 bits per heavy atom. The van der Waals surface area contributed by atoms with Crippen molar-refractivity contribution < 1.29 is 19.2 Å². The summed E-state index contributed by atoms with van der Waals surface area (Å²) in [6.07, 6.45) is 6.85. The Kier molecular flexibility index (Phi) is 7.31. The number of hydrogen-bond acceptors (Lipinski definition) is 8. The Bertz CT molecular complexity index is 1920. The molecule has 2 heterocycles. The smallest absolute Gasteiger partial charge is 0.338 e. The molecule has 0 spiro atoms. The predicted octanol–water partition coefficient (Wildman–Crippen LogP) is 3.87. The number of terminal acetylenes is 1. The van der Waals surface area contributed by atoms with Crippen LogP contribution >= 0.6 is 11.3 Å². The molecule has 1 atom stereocenters. The second-order valence-electron chi connectivity index (χ2n) is 8.84. The molecule has 5 rings (SSSR count). The van der Waals surface area contributed by atoms with Crippen LogP contribution in [0.4, 0.5) is 5.69 Å². The molecule has 0 bridgehead atoms. The summed E-state index contributed by atoms with van der Waals surface area (Å²) in [5, 5.41) is 13.3. The fourth-order valence-electron chi connectivity index (χ4n) is 4.73. The SMILES string of the molecule is C#CCOc1ccc([N+](=O)[O-])cc1/C=c1/sc2n(c1=O)[C@@H](c1cccc3ccccc13)C(C(=O)OCC)=C(C)N=2. The molecule has 40 heavy (non-hydrogen) atoms. The van der Waals surface area contributed by atoms with Gasteiger partial charge in [0.15, 0.2) is 4.80 Å². The number of carbonyl (C=O) groups is 1. The third-order valence-electron chi connectivity index (χ3n) is 6.44. The molecule has 0 saturated heterocycles. The number of fused-ring (bicyclic) bond motifs is 2. The fourth-order valence-corrected chi connectivity index (χ4v) is 5.77. The van der Waals surface area contributed by atoms with E-state index in [0.29, 0.717) is 21.8 Å². The normalized spacial score (nSPS) is 14.8. The van der Waals surface area contributed by atoms with Gasteiger partial charge in [0.2, 0.25) is 0 Å². The maximum Gasteiger partial charge on any atom is 0.338 e. The number of esters is 1. The summed E-state index contributed by atoms with van der Waals surface area (Å²) in [5.74, 6) is 2.11. The van der Waals surface area contributed by atoms with Crippen LogP contribution in [-0.4, -0.2) is 28.7 Å². The first-order valence-electron chi connectivity index (χ1n) is 12.4. The number of nitrogens with zero attached hydrogens (tertiary/aromatic N) is 3. The zero-order valence-corrected chi connectivity index (χ0v) is 22.4. The van der Waals surface area contributed by atoms with Crippen molar-refractivity contribution >= 4 is 39.8 Å². The summed E-state index contributed by atoms with van der Waals surface area (Å²) < 4.78 is 12.7. The zero-order valence-electron chi connectivity index (χ0n) is 21.6. The van der Waals surface area contributed by atoms with Crippen molar-refractivity contribution in [3.8, 4) is 18.1 Å². The van der Waals surface area contributed by atoms with E-state index in [4.69, 9.17) is 15.9 Å². The molecule has 3 aromatic carbocycles. The third kappa shape index (κ3) is 4.79. The number of nitro groups is 1. The predicted molar refractivity (Wildman–Crippen MR) is 152 cm³/mol. The van der Waals surface area contributed by atoms with Crippen LogP contribution in [-0.2, 0) is 9.53 Å². The molecule has 0 radical (unpaired) electrons. The second kappa shape index (κ2) is 11.0. The van der Waals surface area contributed by atoms with Gasteiger partial charge in [-0.2, -0.15) is 0 Å². The number of carbonyl (C=O) groups excluding carboxylic acids is 1. The van der Waals surface area contributed by atoms with Crippen LogP contribution < -0.4 is 19.6 Å². The van der Waals surface area contributed by atoms with Gasteiger partial charge < -0.3 is 9.47 Å². The van der Waals surface area contributed by atoms with Crippen molar-refractivity contribution in [3.05, 3.63) is 113 Å². The van der Waals surface area contributed by atoms with E-state index in [1.807, 2.05) is 42.5 Å². The van der Waals surface area contributed by atoms with E-state index in [-0.39, 0.29) is 29.0 Å². The number of aromatic nitrogens is 1. The lowest BCUT2D eigenvalue weighted by Gasteiger charge is -2.25. The van der Waals surface area contributed by atoms with Gasteiger partial charge in [0.05, 0.1) is 33.4 Å². The van der Waals surface area contributed by atoms with Gasteiger partial charge in [-0.3, -0.25) is 19.5 Å². The van der Waals surface area contributed by atoms with Crippen molar-refractivity contribution in [3.63, 3.8) is 0 Å². The van der Waals surface area contributed by atoms with Gasteiger partial charge in [0.25, 0.3) is 11.2 Å². The van der Waals surface area contributed by atoms with Crippen molar-refractivity contribution in [2.45, 2.75) is 19.9 Å². The van der Waals surface area contributed by atoms with Crippen LogP contribution in [0, 0.1) is 22.5 Å². The summed E-state index contributed by atoms with van der Waals surface area (Å²) in [6, 6.07) is 16.7. The maximum absolute atomic E-state index is 14.0. The largest absolute Gasteiger partial charge is 0.480 e. The molecule has 0 N–H and O–H groups in total. The van der Waals surface area contributed by atoms with Crippen molar-refractivity contribution in [1.82, 2.24) is 4.57 Å². The van der Waals surface area contributed by atoms with Crippen LogP contribution in [0.15, 0.2) is 81.7 Å². The molecular weight excluding hydrogens is 530 g/mol. The highest BCUT2D eigenvalue weighted by molar-refractivity contribution is 7.07. The summed E-state index contributed by atoms with van der Waals surface area (Å²) in [7, 11) is 0. The average molecular weight is 554 g/mol. The monoisotopic (exact) mass is 553 g/mol. The highest BCUT2D eigenvalue weighted by Crippen LogP contribution is 2.35. The van der Waals surface area contributed by atoms with E-state index in [2.05, 4.69) is 10.9 Å². The Balaban J connectivity index is 1.78. The molecule has 10 heteroatoms. The first-order valence-corrected chi connectivity index (χ1v) is 13.2. The number of allylic oxidation sites excluding steroid dienone is 1. The van der Waals surface area contributed by atoms with E-state index in [1.165, 1.54) is 28.8 Å². The van der Waals surface area contributed by atoms with Crippen LogP contribution in [0.2, 0.25) is 0 Å². The molecule has 1 aliphatic rings. The zero-order chi connectivity index (χ0) is 28.4. The number of nitro benzene ring substituents is 1. The quantitative estimate of drug-likeness (QED) is 0.149. The Morgan fingerprint density at radius 3 is 2.75 bits per heavy atom. The van der Waals surface area contributed by atoms with Gasteiger partial charge in [-0.25, -0.2) is 9.79 Å². The van der Waals surface area contributed by atoms with Gasteiger partial charge in [-0.15, -0.1) is 6.42 Å². The van der Waals surface area contributed by atoms with Crippen LogP contribution in [0.1, 0.15) is 31.0 Å². The van der Waals surface area contributed by atoms with Gasteiger partial charge in [0, 0.05) is 17.7 Å². The molecule has 0 saturated carbocycles. The van der Waals surface area contributed by atoms with E-state index < -0.39 is 22.5 Å². The van der Waals surface area contributed by atoms with Crippen molar-refractivity contribution in [2.24, 2.45) is 4.99 Å². The topological polar surface area (TPSA) is 113 Å². The first kappa shape index (κ1) is 26.6. The summed E-state index contributed by atoms with van der Waals surface area (Å²) in [6.45, 7) is 3.54. The van der Waals surface area contributed by atoms with Gasteiger partial charge >= 0.3 is 5.97 Å². The minimum atomic E-state index is -0.800. The molecular formula is C30H23N3O6S. The average Bonchev–Trinajstić information content (AvgIpc) is 3.25. The molecule has 0 aliphatic carbocycles. The number of benzene rings is 3. The van der Waals surface area contributed by atoms with Crippen LogP contribution in [0.5, 0.6) is 5.75 Å². The Hall–Kier alpha value is -5.01. The molecule has 0 unspecified atom stereocenters. The van der Waals surface area contributed by atoms with Crippen molar-refractivity contribution in [1.29, 1.82) is 0 Å². The minimum Gasteiger partial charge on any atom is -0.480 e. The van der Waals surface area contributed by atoms with Crippen LogP contribution in [0.3, 0.4) is 0 Å². The lowest BCUT2D eigenvalue weighted by atomic mass is 9.91. The maximum atomic E-state index is 14.0. The molecule has 200 valence electrons. The highest BCUT2D eigenvalue weighted by Gasteiger charge is 2.34. The third-order valence-corrected chi connectivity index (χ3v) is 7.42. The van der Waals surface area contributed by atoms with E-state index >= 15 is 0 Å². The number of thiazole rings is 1. The minimum absolute atomic E-state index is 0.0525. The van der Waals surface area contributed by atoms with Gasteiger partial charge in [-0.1, -0.05) is 59.7 Å². The van der Waals surface area contributed by atoms with Gasteiger partial charge in [0.1, 0.15) is 12.4 Å². The second-order valence-corrected chi connectivity index (χ2v) is 9.85. The van der Waals surface area contributed by atoms with E-state index in [9.17, 15) is 19.7 Å². The van der Waals surface area contributed by atoms with Gasteiger partial charge in [-0.05, 0) is 42.3 Å². The molecule has 0 fully saturated rings. The van der Waals surface area contributed by atoms with Crippen LogP contribution in [0.25, 0.3) is 16.8 Å². The number of non-ortho nitro benzene ring substituents is 1. The first-order chi connectivity index (χ1) is 19.3. The van der Waals surface area contributed by atoms with E-state index in [1.54, 1.807) is 13.8 Å². The lowest BCUT2D eigenvalue weighted by molar-refractivity contribution is -0.384. The molecule has 0 amide bonds. The number of rotatable bonds is 7. The molecule has 4 aromatic rings. The standard InChI is InChI=1S/C30H23N3O6S/c1-4-15-39-24-14-13-21(33(36)37)16-20(24)17-25-28(34)32-27(23-12-8-10-19-9-6-7-11-22(19)23)26(29(35)38-5-2)18(3)31-30(32)40-25/h1,6-14,16-17,27H,5,15H2,2-3H3/b25-17+/t27-/m0/s1. The summed E-state index contributed by atoms with van der Waals surface area (Å²) >= 11 is 1.11. The van der Waals surface area contributed by atoms with E-state index in [0.717, 1.165) is 27.7 Å². The van der Waals surface area contributed by atoms with Crippen molar-refractivity contribution in [2.75, 3.05) is 13.2 Å². The Morgan fingerprint density at radius 2 is 2.00 bits per heavy atom. The Labute approximate surface area is 232 Å². The lowest BCUT2D eigenvalue weighted by Crippen LogP contribution is -2.40. The molecule has 1 aromatic heterocycles. The molecule has 9 nitrogen and oxygen atoms in total. The number of ether oxygens (including phenoxy) is 2. The summed E-state index contributed by atoms with van der Waals surface area (Å²) in [5.41, 5.74) is 1.20. The summed E-state index contributed by atoms with van der Waals surface area (Å²) in [4.78, 5) is 43.2.